The molecule has 0 atom stereocenters. The van der Waals surface area contributed by atoms with Gasteiger partial charge in [-0.2, -0.15) is 0 Å². The maximum Gasteiger partial charge on any atom is 0.440 e. The maximum atomic E-state index is 13.2. The zero-order chi connectivity index (χ0) is 16.4. The molecule has 0 radical (unpaired) electrons. The van der Waals surface area contributed by atoms with Gasteiger partial charge in [0.15, 0.2) is 11.4 Å². The lowest BCUT2D eigenvalue weighted by Gasteiger charge is -2.10. The topological polar surface area (TPSA) is 108 Å². The molecule has 0 saturated carbocycles. The number of anilines is 1. The smallest absolute Gasteiger partial charge is 0.440 e. The highest BCUT2D eigenvalue weighted by molar-refractivity contribution is 5.83. The number of aromatic amines is 1. The highest BCUT2D eigenvalue weighted by Gasteiger charge is 2.13. The number of amides is 1. The van der Waals surface area contributed by atoms with E-state index in [1.165, 1.54) is 30.5 Å². The Bertz CT molecular complexity index is 926. The Labute approximate surface area is 127 Å². The predicted molar refractivity (Wildman–Crippen MR) is 78.3 cm³/mol. The third-order valence-corrected chi connectivity index (χ3v) is 2.90. The molecule has 0 fully saturated rings. The number of H-pyrrole nitrogens is 1. The number of hydrogen-bond donors (Lipinski definition) is 2. The lowest BCUT2D eigenvalue weighted by atomic mass is 10.3. The number of benzene rings is 1. The second-order valence-corrected chi connectivity index (χ2v) is 4.41. The molecule has 0 bridgehead atoms. The lowest BCUT2D eigenvalue weighted by Crippen LogP contribution is -2.18. The van der Waals surface area contributed by atoms with Gasteiger partial charge in [0.2, 0.25) is 0 Å². The Morgan fingerprint density at radius 3 is 2.65 bits per heavy atom. The van der Waals surface area contributed by atoms with Crippen LogP contribution in [-0.4, -0.2) is 26.2 Å². The number of rotatable bonds is 3. The summed E-state index contributed by atoms with van der Waals surface area (Å²) in [6, 6.07) is 6.87. The van der Waals surface area contributed by atoms with E-state index in [-0.39, 0.29) is 16.9 Å². The molecule has 1 amide bonds. The van der Waals surface area contributed by atoms with Crippen LogP contribution in [0.1, 0.15) is 0 Å². The van der Waals surface area contributed by atoms with Gasteiger partial charge in [0.25, 0.3) is 5.56 Å². The van der Waals surface area contributed by atoms with Gasteiger partial charge in [-0.25, -0.2) is 14.8 Å². The maximum absolute atomic E-state index is 13.2. The average Bonchev–Trinajstić information content (AvgIpc) is 2.54. The molecule has 0 aliphatic heterocycles. The molecule has 2 heterocycles. The van der Waals surface area contributed by atoms with Crippen molar-refractivity contribution in [1.29, 1.82) is 0 Å². The minimum atomic E-state index is -1.72. The Hall–Kier alpha value is -3.49. The van der Waals surface area contributed by atoms with Crippen LogP contribution in [0.4, 0.5) is 15.0 Å². The first-order valence-corrected chi connectivity index (χ1v) is 6.35. The number of fused-ring (bicyclic) bond motifs is 1. The van der Waals surface area contributed by atoms with E-state index in [1.807, 2.05) is 0 Å². The first kappa shape index (κ1) is 14.4. The van der Waals surface area contributed by atoms with Crippen LogP contribution < -0.4 is 15.4 Å². The molecule has 3 aromatic rings. The molecule has 8 nitrogen and oxygen atoms in total. The van der Waals surface area contributed by atoms with Gasteiger partial charge in [-0.1, -0.05) is 4.48 Å². The van der Waals surface area contributed by atoms with E-state index in [9.17, 15) is 14.1 Å². The van der Waals surface area contributed by atoms with Crippen molar-refractivity contribution in [2.45, 2.75) is 0 Å². The molecule has 23 heavy (non-hydrogen) atoms. The fraction of sp³-hybridized carbons (Fsp3) is 0. The number of carboxylic acid groups (broad SMARTS) is 1. The van der Waals surface area contributed by atoms with Crippen LogP contribution in [0.25, 0.3) is 11.2 Å². The van der Waals surface area contributed by atoms with E-state index < -0.39 is 11.2 Å². The number of nitrogens with zero attached hydrogens (tertiary/aromatic N) is 3. The molecule has 0 aliphatic carbocycles. The minimum absolute atomic E-state index is 0.146. The molecule has 9 heteroatoms. The van der Waals surface area contributed by atoms with Crippen LogP contribution in [0.15, 0.2) is 47.5 Å². The molecule has 116 valence electrons. The Morgan fingerprint density at radius 1 is 1.22 bits per heavy atom. The molecule has 0 spiro atoms. The number of hydrogen-bond acceptors (Lipinski definition) is 5. The number of pyridine rings is 1. The Morgan fingerprint density at radius 2 is 1.96 bits per heavy atom. The van der Waals surface area contributed by atoms with Crippen molar-refractivity contribution < 1.29 is 19.1 Å². The van der Waals surface area contributed by atoms with Crippen LogP contribution in [0.2, 0.25) is 0 Å². The molecule has 0 unspecified atom stereocenters. The quantitative estimate of drug-likeness (QED) is 0.719. The van der Waals surface area contributed by atoms with Gasteiger partial charge in [0.05, 0.1) is 11.9 Å². The van der Waals surface area contributed by atoms with Gasteiger partial charge in [-0.3, -0.25) is 4.79 Å². The number of ether oxygens (including phenoxy) is 1. The molecular formula is C14H9FN4O4. The summed E-state index contributed by atoms with van der Waals surface area (Å²) in [5, 5.41) is 8.15. The molecule has 3 rings (SSSR count). The molecule has 2 aromatic heterocycles. The SMILES string of the molecule is O=C(O)N(F)c1ccc(Oc2ccnc3[nH]c(=O)cnc23)cc1. The Kier molecular flexibility index (Phi) is 3.59. The van der Waals surface area contributed by atoms with Crippen molar-refractivity contribution in [3.8, 4) is 11.5 Å². The number of nitrogens with one attached hydrogen (secondary N) is 1. The van der Waals surface area contributed by atoms with Gasteiger partial charge >= 0.3 is 6.09 Å². The fourth-order valence-electron chi connectivity index (χ4n) is 1.89. The Balaban J connectivity index is 1.90. The zero-order valence-electron chi connectivity index (χ0n) is 11.4. The standard InChI is InChI=1S/C14H9FN4O4/c15-19(14(21)22)8-1-3-9(4-2-8)23-10-5-6-16-13-12(10)17-7-11(20)18-13/h1-7H,(H,21,22)(H,16,18,20). The summed E-state index contributed by atoms with van der Waals surface area (Å²) < 4.78 is 18.8. The summed E-state index contributed by atoms with van der Waals surface area (Å²) in [4.78, 5) is 32.2. The van der Waals surface area contributed by atoms with E-state index >= 15 is 0 Å². The summed E-state index contributed by atoms with van der Waals surface area (Å²) in [5.41, 5.74) is 0.0939. The predicted octanol–water partition coefficient (Wildman–Crippen LogP) is 2.48. The van der Waals surface area contributed by atoms with Crippen LogP contribution in [0, 0.1) is 0 Å². The summed E-state index contributed by atoms with van der Waals surface area (Å²) in [6.07, 6.45) is 0.831. The molecule has 0 saturated heterocycles. The largest absolute Gasteiger partial charge is 0.463 e. The first-order chi connectivity index (χ1) is 11.0. The molecule has 2 N–H and O–H groups in total. The molecular weight excluding hydrogens is 307 g/mol. The minimum Gasteiger partial charge on any atom is -0.463 e. The monoisotopic (exact) mass is 316 g/mol. The zero-order valence-corrected chi connectivity index (χ0v) is 11.4. The third-order valence-electron chi connectivity index (χ3n) is 2.90. The molecule has 0 aliphatic rings. The number of carbonyl (C=O) groups is 1. The van der Waals surface area contributed by atoms with E-state index in [0.29, 0.717) is 17.0 Å². The van der Waals surface area contributed by atoms with Crippen LogP contribution in [0.3, 0.4) is 0 Å². The van der Waals surface area contributed by atoms with Gasteiger partial charge in [-0.15, -0.1) is 5.12 Å². The van der Waals surface area contributed by atoms with Crippen LogP contribution >= 0.6 is 0 Å². The van der Waals surface area contributed by atoms with E-state index in [4.69, 9.17) is 9.84 Å². The van der Waals surface area contributed by atoms with Gasteiger partial charge in [0, 0.05) is 12.3 Å². The normalized spacial score (nSPS) is 10.5. The van der Waals surface area contributed by atoms with Crippen molar-refractivity contribution in [3.05, 3.63) is 53.1 Å². The highest BCUT2D eigenvalue weighted by Crippen LogP contribution is 2.27. The average molecular weight is 316 g/mol. The van der Waals surface area contributed by atoms with Crippen molar-refractivity contribution in [3.63, 3.8) is 0 Å². The van der Waals surface area contributed by atoms with E-state index in [1.54, 1.807) is 6.07 Å². The van der Waals surface area contributed by atoms with Gasteiger partial charge in [0.1, 0.15) is 11.3 Å². The van der Waals surface area contributed by atoms with Crippen molar-refractivity contribution in [2.75, 3.05) is 5.12 Å². The summed E-state index contributed by atoms with van der Waals surface area (Å²) in [5.74, 6) is 0.683. The second-order valence-electron chi connectivity index (χ2n) is 4.41. The lowest BCUT2D eigenvalue weighted by molar-refractivity contribution is 0.186. The van der Waals surface area contributed by atoms with Crippen LogP contribution in [-0.2, 0) is 0 Å². The number of halogens is 1. The van der Waals surface area contributed by atoms with Gasteiger partial charge < -0.3 is 14.8 Å². The summed E-state index contributed by atoms with van der Waals surface area (Å²) in [6.45, 7) is 0. The summed E-state index contributed by atoms with van der Waals surface area (Å²) in [7, 11) is 0. The highest BCUT2D eigenvalue weighted by atomic mass is 19.2. The fourth-order valence-corrected chi connectivity index (χ4v) is 1.89. The molecule has 1 aromatic carbocycles. The van der Waals surface area contributed by atoms with Crippen molar-refractivity contribution >= 4 is 22.9 Å². The summed E-state index contributed by atoms with van der Waals surface area (Å²) >= 11 is 0. The third kappa shape index (κ3) is 2.93. The second kappa shape index (κ2) is 5.72. The van der Waals surface area contributed by atoms with Crippen LogP contribution in [0.5, 0.6) is 11.5 Å². The van der Waals surface area contributed by atoms with Crippen molar-refractivity contribution in [1.82, 2.24) is 15.0 Å². The van der Waals surface area contributed by atoms with Gasteiger partial charge in [-0.05, 0) is 24.3 Å². The first-order valence-electron chi connectivity index (χ1n) is 6.35. The van der Waals surface area contributed by atoms with Crippen molar-refractivity contribution in [2.24, 2.45) is 0 Å². The van der Waals surface area contributed by atoms with E-state index in [0.717, 1.165) is 6.20 Å². The van der Waals surface area contributed by atoms with E-state index in [2.05, 4.69) is 15.0 Å². The number of aromatic nitrogens is 3.